The van der Waals surface area contributed by atoms with Crippen LogP contribution in [-0.2, 0) is 15.1 Å². The van der Waals surface area contributed by atoms with Gasteiger partial charge in [0.15, 0.2) is 5.54 Å². The zero-order chi connectivity index (χ0) is 24.0. The van der Waals surface area contributed by atoms with Crippen LogP contribution in [0.1, 0.15) is 23.9 Å². The Hall–Kier alpha value is -4.40. The lowest BCUT2D eigenvalue weighted by Gasteiger charge is -2.19. The number of carbonyl (C=O) groups is 3. The van der Waals surface area contributed by atoms with E-state index in [2.05, 4.69) is 15.7 Å². The standard InChI is InChI=1S/C25H23N5O4/c1-15-8-10-18(11-9-15)30-21(12-16(2)28-30)26-22(31)14-29-23(32)25(3,27-24(29)33)20-13-17-6-4-5-7-19(17)34-20/h4-13H,14H2,1-3H3,(H,26,31)(H,27,33)/t25-/m0/s1. The van der Waals surface area contributed by atoms with Crippen LogP contribution in [0.25, 0.3) is 16.7 Å². The molecule has 9 nitrogen and oxygen atoms in total. The summed E-state index contributed by atoms with van der Waals surface area (Å²) in [6.45, 7) is 4.92. The molecule has 0 saturated carbocycles. The molecule has 0 aliphatic carbocycles. The second kappa shape index (κ2) is 7.87. The van der Waals surface area contributed by atoms with Gasteiger partial charge in [0, 0.05) is 11.5 Å². The van der Waals surface area contributed by atoms with Crippen LogP contribution in [0.15, 0.2) is 65.1 Å². The molecular weight excluding hydrogens is 434 g/mol. The van der Waals surface area contributed by atoms with E-state index in [0.29, 0.717) is 22.9 Å². The molecule has 2 N–H and O–H groups in total. The maximum Gasteiger partial charge on any atom is 0.325 e. The molecule has 1 aliphatic heterocycles. The fraction of sp³-hybridized carbons (Fsp3) is 0.200. The van der Waals surface area contributed by atoms with Gasteiger partial charge in [0.1, 0.15) is 23.7 Å². The maximum absolute atomic E-state index is 13.2. The number of aromatic nitrogens is 2. The molecule has 9 heteroatoms. The number of nitrogens with one attached hydrogen (secondary N) is 2. The monoisotopic (exact) mass is 457 g/mol. The van der Waals surface area contributed by atoms with Crippen molar-refractivity contribution in [2.45, 2.75) is 26.3 Å². The van der Waals surface area contributed by atoms with Gasteiger partial charge < -0.3 is 15.1 Å². The van der Waals surface area contributed by atoms with Crippen LogP contribution in [0.2, 0.25) is 0 Å². The van der Waals surface area contributed by atoms with Crippen molar-refractivity contribution in [2.75, 3.05) is 11.9 Å². The SMILES string of the molecule is Cc1ccc(-n2nc(C)cc2NC(=O)CN2C(=O)N[C@@](C)(c3cc4ccccc4o3)C2=O)cc1. The first-order chi connectivity index (χ1) is 16.2. The Balaban J connectivity index is 1.35. The minimum absolute atomic E-state index is 0.308. The quantitative estimate of drug-likeness (QED) is 0.445. The molecule has 0 radical (unpaired) electrons. The van der Waals surface area contributed by atoms with Crippen molar-refractivity contribution in [3.8, 4) is 5.69 Å². The number of nitrogens with zero attached hydrogens (tertiary/aromatic N) is 3. The first-order valence-electron chi connectivity index (χ1n) is 10.8. The number of carbonyl (C=O) groups excluding carboxylic acids is 3. The van der Waals surface area contributed by atoms with Gasteiger partial charge >= 0.3 is 6.03 Å². The van der Waals surface area contributed by atoms with Gasteiger partial charge in [-0.2, -0.15) is 5.10 Å². The van der Waals surface area contributed by atoms with Crippen molar-refractivity contribution in [3.63, 3.8) is 0 Å². The van der Waals surface area contributed by atoms with Crippen molar-refractivity contribution in [2.24, 2.45) is 0 Å². The summed E-state index contributed by atoms with van der Waals surface area (Å²) in [7, 11) is 0. The Morgan fingerprint density at radius 2 is 1.82 bits per heavy atom. The number of rotatable bonds is 5. The number of amides is 4. The second-order valence-corrected chi connectivity index (χ2v) is 8.56. The van der Waals surface area contributed by atoms with Gasteiger partial charge in [-0.25, -0.2) is 9.48 Å². The van der Waals surface area contributed by atoms with Gasteiger partial charge in [-0.05, 0) is 45.0 Å². The van der Waals surface area contributed by atoms with Crippen LogP contribution < -0.4 is 10.6 Å². The number of benzene rings is 2. The number of imide groups is 1. The fourth-order valence-corrected chi connectivity index (χ4v) is 4.03. The normalized spacial score (nSPS) is 17.9. The molecule has 34 heavy (non-hydrogen) atoms. The van der Waals surface area contributed by atoms with Gasteiger partial charge in [-0.3, -0.25) is 14.5 Å². The summed E-state index contributed by atoms with van der Waals surface area (Å²) in [5.74, 6) is -0.331. The Kier molecular flexibility index (Phi) is 4.97. The number of fused-ring (bicyclic) bond motifs is 1. The first kappa shape index (κ1) is 21.4. The number of aryl methyl sites for hydroxylation is 2. The highest BCUT2D eigenvalue weighted by Crippen LogP contribution is 2.33. The number of hydrogen-bond acceptors (Lipinski definition) is 5. The smallest absolute Gasteiger partial charge is 0.325 e. The van der Waals surface area contributed by atoms with E-state index in [1.54, 1.807) is 29.8 Å². The molecule has 172 valence electrons. The molecule has 1 fully saturated rings. The van der Waals surface area contributed by atoms with E-state index >= 15 is 0 Å². The highest BCUT2D eigenvalue weighted by atomic mass is 16.3. The van der Waals surface area contributed by atoms with Crippen molar-refractivity contribution >= 4 is 34.6 Å². The van der Waals surface area contributed by atoms with E-state index in [1.165, 1.54) is 0 Å². The Morgan fingerprint density at radius 3 is 2.56 bits per heavy atom. The minimum Gasteiger partial charge on any atom is -0.458 e. The fourth-order valence-electron chi connectivity index (χ4n) is 4.03. The molecule has 2 aromatic heterocycles. The molecule has 1 saturated heterocycles. The zero-order valence-corrected chi connectivity index (χ0v) is 19.0. The average molecular weight is 457 g/mol. The Bertz CT molecular complexity index is 1400. The van der Waals surface area contributed by atoms with Gasteiger partial charge in [-0.1, -0.05) is 35.9 Å². The number of hydrogen-bond donors (Lipinski definition) is 2. The molecule has 0 spiro atoms. The molecule has 3 heterocycles. The molecule has 1 aliphatic rings. The van der Waals surface area contributed by atoms with E-state index < -0.39 is 29.9 Å². The third-order valence-corrected chi connectivity index (χ3v) is 5.87. The van der Waals surface area contributed by atoms with Crippen LogP contribution in [0.4, 0.5) is 10.6 Å². The highest BCUT2D eigenvalue weighted by Gasteiger charge is 2.51. The largest absolute Gasteiger partial charge is 0.458 e. The lowest BCUT2D eigenvalue weighted by molar-refractivity contribution is -0.134. The molecule has 5 rings (SSSR count). The summed E-state index contributed by atoms with van der Waals surface area (Å²) >= 11 is 0. The predicted molar refractivity (Wildman–Crippen MR) is 125 cm³/mol. The van der Waals surface area contributed by atoms with E-state index in [-0.39, 0.29) is 0 Å². The van der Waals surface area contributed by atoms with Crippen molar-refractivity contribution < 1.29 is 18.8 Å². The lowest BCUT2D eigenvalue weighted by Crippen LogP contribution is -2.42. The molecule has 0 bridgehead atoms. The molecule has 2 aromatic carbocycles. The molecule has 1 atom stereocenters. The van der Waals surface area contributed by atoms with Crippen molar-refractivity contribution in [3.05, 3.63) is 77.7 Å². The summed E-state index contributed by atoms with van der Waals surface area (Å²) in [4.78, 5) is 39.6. The summed E-state index contributed by atoms with van der Waals surface area (Å²) in [6, 6.07) is 17.8. The summed E-state index contributed by atoms with van der Waals surface area (Å²) in [6.07, 6.45) is 0. The molecule has 4 amide bonds. The van der Waals surface area contributed by atoms with Gasteiger partial charge in [0.05, 0.1) is 11.4 Å². The van der Waals surface area contributed by atoms with E-state index in [9.17, 15) is 14.4 Å². The summed E-state index contributed by atoms with van der Waals surface area (Å²) in [5, 5.41) is 10.7. The van der Waals surface area contributed by atoms with Gasteiger partial charge in [0.2, 0.25) is 5.91 Å². The highest BCUT2D eigenvalue weighted by molar-refractivity contribution is 6.10. The van der Waals surface area contributed by atoms with E-state index in [4.69, 9.17) is 4.42 Å². The number of anilines is 1. The molecular formula is C25H23N5O4. The van der Waals surface area contributed by atoms with Crippen molar-refractivity contribution in [1.29, 1.82) is 0 Å². The van der Waals surface area contributed by atoms with E-state index in [0.717, 1.165) is 21.5 Å². The topological polar surface area (TPSA) is 109 Å². The number of urea groups is 1. The van der Waals surface area contributed by atoms with Crippen LogP contribution in [0.3, 0.4) is 0 Å². The first-order valence-corrected chi connectivity index (χ1v) is 10.8. The number of furan rings is 1. The third-order valence-electron chi connectivity index (χ3n) is 5.87. The van der Waals surface area contributed by atoms with E-state index in [1.807, 2.05) is 56.3 Å². The van der Waals surface area contributed by atoms with Crippen LogP contribution in [0, 0.1) is 13.8 Å². The number of para-hydroxylation sites is 1. The van der Waals surface area contributed by atoms with Crippen molar-refractivity contribution in [1.82, 2.24) is 20.0 Å². The van der Waals surface area contributed by atoms with Crippen LogP contribution >= 0.6 is 0 Å². The average Bonchev–Trinajstić information content (AvgIpc) is 3.46. The van der Waals surface area contributed by atoms with Crippen LogP contribution in [0.5, 0.6) is 0 Å². The zero-order valence-electron chi connectivity index (χ0n) is 19.0. The molecule has 4 aromatic rings. The van der Waals surface area contributed by atoms with Gasteiger partial charge in [0.25, 0.3) is 5.91 Å². The Morgan fingerprint density at radius 1 is 1.09 bits per heavy atom. The predicted octanol–water partition coefficient (Wildman–Crippen LogP) is 3.64. The van der Waals surface area contributed by atoms with Crippen LogP contribution in [-0.4, -0.2) is 39.1 Å². The minimum atomic E-state index is -1.41. The molecule has 0 unspecified atom stereocenters. The summed E-state index contributed by atoms with van der Waals surface area (Å²) < 4.78 is 7.43. The summed E-state index contributed by atoms with van der Waals surface area (Å²) in [5.41, 5.74) is 1.79. The lowest BCUT2D eigenvalue weighted by atomic mass is 9.99. The second-order valence-electron chi connectivity index (χ2n) is 8.56. The third kappa shape index (κ3) is 3.61. The maximum atomic E-state index is 13.2. The van der Waals surface area contributed by atoms with Gasteiger partial charge in [-0.15, -0.1) is 0 Å². The Labute approximate surface area is 195 Å².